The van der Waals surface area contributed by atoms with Crippen molar-refractivity contribution in [3.8, 4) is 17.5 Å². The molecule has 18 heavy (non-hydrogen) atoms. The molecule has 0 bridgehead atoms. The first kappa shape index (κ1) is 12.6. The maximum Gasteiger partial charge on any atom is 0.236 e. The van der Waals surface area contributed by atoms with Crippen molar-refractivity contribution in [3.63, 3.8) is 0 Å². The van der Waals surface area contributed by atoms with Crippen LogP contribution in [0.15, 0.2) is 23.0 Å². The maximum absolute atomic E-state index is 8.45. The summed E-state index contributed by atoms with van der Waals surface area (Å²) in [4.78, 5) is 8.41. The lowest BCUT2D eigenvalue weighted by atomic mass is 10.1. The lowest BCUT2D eigenvalue weighted by Crippen LogP contribution is -1.91. The van der Waals surface area contributed by atoms with E-state index < -0.39 is 0 Å². The lowest BCUT2D eigenvalue weighted by Gasteiger charge is -2.00. The molecule has 0 aliphatic rings. The van der Waals surface area contributed by atoms with Gasteiger partial charge in [-0.05, 0) is 18.1 Å². The zero-order valence-electron chi connectivity index (χ0n) is 9.96. The molecule has 0 amide bonds. The van der Waals surface area contributed by atoms with E-state index >= 15 is 0 Å². The van der Waals surface area contributed by atoms with E-state index in [0.29, 0.717) is 23.2 Å². The Balaban J connectivity index is 2.16. The number of nitriles is 1. The first-order valence-electron chi connectivity index (χ1n) is 5.55. The molecule has 0 saturated heterocycles. The smallest absolute Gasteiger partial charge is 0.236 e. The average molecular weight is 260 g/mol. The van der Waals surface area contributed by atoms with Gasteiger partial charge in [0.05, 0.1) is 17.6 Å². The van der Waals surface area contributed by atoms with Crippen molar-refractivity contribution < 1.29 is 4.52 Å². The van der Waals surface area contributed by atoms with Gasteiger partial charge in [0.2, 0.25) is 11.7 Å². The third-order valence-electron chi connectivity index (χ3n) is 2.39. The zero-order valence-corrected chi connectivity index (χ0v) is 10.8. The summed E-state index contributed by atoms with van der Waals surface area (Å²) in [6.07, 6.45) is 4.40. The molecule has 0 spiro atoms. The molecule has 0 atom stereocenters. The fourth-order valence-electron chi connectivity index (χ4n) is 1.53. The fraction of sp³-hybridized carbons (Fsp3) is 0.333. The van der Waals surface area contributed by atoms with E-state index in [9.17, 15) is 0 Å². The number of pyridine rings is 1. The van der Waals surface area contributed by atoms with Crippen molar-refractivity contribution in [1.29, 1.82) is 5.26 Å². The van der Waals surface area contributed by atoms with Crippen LogP contribution in [0, 0.1) is 11.3 Å². The van der Waals surface area contributed by atoms with Crippen LogP contribution in [0.4, 0.5) is 0 Å². The number of nitrogens with zero attached hydrogens (tertiary/aromatic N) is 4. The molecule has 0 saturated carbocycles. The first-order valence-corrected chi connectivity index (χ1v) is 6.71. The summed E-state index contributed by atoms with van der Waals surface area (Å²) in [5, 5.41) is 12.4. The minimum absolute atomic E-state index is 0.424. The van der Waals surface area contributed by atoms with Crippen LogP contribution in [0.25, 0.3) is 11.4 Å². The summed E-state index contributed by atoms with van der Waals surface area (Å²) in [5.41, 5.74) is 2.04. The second-order valence-corrected chi connectivity index (χ2v) is 4.53. The molecule has 92 valence electrons. The van der Waals surface area contributed by atoms with Gasteiger partial charge in [-0.15, -0.1) is 11.8 Å². The van der Waals surface area contributed by atoms with E-state index in [-0.39, 0.29) is 0 Å². The third kappa shape index (κ3) is 2.87. The summed E-state index contributed by atoms with van der Waals surface area (Å²) >= 11 is 1.46. The number of hydrogen-bond acceptors (Lipinski definition) is 6. The van der Waals surface area contributed by atoms with E-state index in [1.165, 1.54) is 11.8 Å². The molecule has 2 aromatic rings. The lowest BCUT2D eigenvalue weighted by molar-refractivity contribution is 0.391. The molecule has 0 N–H and O–H groups in total. The standard InChI is InChI=1S/C12H12N4OS/c1-2-9-7-14-5-3-10(9)12-15-11(17-16-12)8-18-6-4-13/h3,5,7H,2,6,8H2,1H3. The Labute approximate surface area is 109 Å². The first-order chi connectivity index (χ1) is 8.85. The van der Waals surface area contributed by atoms with Crippen LogP contribution < -0.4 is 0 Å². The number of aryl methyl sites for hydroxylation is 1. The van der Waals surface area contributed by atoms with Gasteiger partial charge >= 0.3 is 0 Å². The second-order valence-electron chi connectivity index (χ2n) is 3.55. The average Bonchev–Trinajstić information content (AvgIpc) is 2.88. The Kier molecular flexibility index (Phi) is 4.31. The van der Waals surface area contributed by atoms with Gasteiger partial charge in [0.15, 0.2) is 0 Å². The van der Waals surface area contributed by atoms with Crippen molar-refractivity contribution in [3.05, 3.63) is 29.9 Å². The molecular formula is C12H12N4OS. The van der Waals surface area contributed by atoms with E-state index in [4.69, 9.17) is 9.78 Å². The Morgan fingerprint density at radius 3 is 3.17 bits per heavy atom. The molecule has 0 fully saturated rings. The largest absolute Gasteiger partial charge is 0.338 e. The minimum atomic E-state index is 0.424. The van der Waals surface area contributed by atoms with Crippen molar-refractivity contribution in [1.82, 2.24) is 15.1 Å². The van der Waals surface area contributed by atoms with E-state index in [2.05, 4.69) is 28.1 Å². The van der Waals surface area contributed by atoms with Crippen molar-refractivity contribution >= 4 is 11.8 Å². The summed E-state index contributed by atoms with van der Waals surface area (Å²) in [5.74, 6) is 2.12. The number of rotatable bonds is 5. The number of hydrogen-bond donors (Lipinski definition) is 0. The van der Waals surface area contributed by atoms with Crippen molar-refractivity contribution in [2.45, 2.75) is 19.1 Å². The molecule has 0 aliphatic heterocycles. The van der Waals surface area contributed by atoms with Gasteiger partial charge in [0.1, 0.15) is 0 Å². The molecule has 0 unspecified atom stereocenters. The van der Waals surface area contributed by atoms with Crippen LogP contribution in [-0.2, 0) is 12.2 Å². The predicted octanol–water partition coefficient (Wildman–Crippen LogP) is 2.45. The molecule has 2 aromatic heterocycles. The van der Waals surface area contributed by atoms with Gasteiger partial charge in [-0.2, -0.15) is 10.2 Å². The summed E-state index contributed by atoms with van der Waals surface area (Å²) < 4.78 is 5.15. The summed E-state index contributed by atoms with van der Waals surface area (Å²) in [6, 6.07) is 3.94. The van der Waals surface area contributed by atoms with Crippen LogP contribution in [0.2, 0.25) is 0 Å². The maximum atomic E-state index is 8.45. The van der Waals surface area contributed by atoms with Gasteiger partial charge in [0.25, 0.3) is 0 Å². The molecule has 2 rings (SSSR count). The zero-order chi connectivity index (χ0) is 12.8. The van der Waals surface area contributed by atoms with Gasteiger partial charge in [0, 0.05) is 18.0 Å². The fourth-order valence-corrected chi connectivity index (χ4v) is 2.02. The monoisotopic (exact) mass is 260 g/mol. The SMILES string of the molecule is CCc1cnccc1-c1noc(CSCC#N)n1. The predicted molar refractivity (Wildman–Crippen MR) is 68.7 cm³/mol. The molecular weight excluding hydrogens is 248 g/mol. The third-order valence-corrected chi connectivity index (χ3v) is 3.17. The van der Waals surface area contributed by atoms with Crippen LogP contribution in [0.5, 0.6) is 0 Å². The van der Waals surface area contributed by atoms with Crippen LogP contribution in [0.3, 0.4) is 0 Å². The summed E-state index contributed by atoms with van der Waals surface area (Å²) in [7, 11) is 0. The van der Waals surface area contributed by atoms with Crippen molar-refractivity contribution in [2.24, 2.45) is 0 Å². The highest BCUT2D eigenvalue weighted by molar-refractivity contribution is 7.98. The highest BCUT2D eigenvalue weighted by atomic mass is 32.2. The quantitative estimate of drug-likeness (QED) is 0.768. The normalized spacial score (nSPS) is 10.2. The Bertz CT molecular complexity index is 561. The molecule has 2 heterocycles. The van der Waals surface area contributed by atoms with Gasteiger partial charge in [-0.1, -0.05) is 12.1 Å². The molecule has 0 aliphatic carbocycles. The highest BCUT2D eigenvalue weighted by Gasteiger charge is 2.11. The number of aromatic nitrogens is 3. The summed E-state index contributed by atoms with van der Waals surface area (Å²) in [6.45, 7) is 2.06. The van der Waals surface area contributed by atoms with Crippen LogP contribution >= 0.6 is 11.8 Å². The Morgan fingerprint density at radius 1 is 1.50 bits per heavy atom. The molecule has 6 heteroatoms. The topological polar surface area (TPSA) is 75.6 Å². The molecule has 0 radical (unpaired) electrons. The molecule has 0 aromatic carbocycles. The second kappa shape index (κ2) is 6.17. The van der Waals surface area contributed by atoms with Gasteiger partial charge in [-0.3, -0.25) is 4.98 Å². The van der Waals surface area contributed by atoms with E-state index in [0.717, 1.165) is 17.5 Å². The Morgan fingerprint density at radius 2 is 2.39 bits per heavy atom. The molecule has 5 nitrogen and oxygen atoms in total. The van der Waals surface area contributed by atoms with Crippen LogP contribution in [-0.4, -0.2) is 20.9 Å². The Hall–Kier alpha value is -1.87. The van der Waals surface area contributed by atoms with Gasteiger partial charge < -0.3 is 4.52 Å². The minimum Gasteiger partial charge on any atom is -0.338 e. The highest BCUT2D eigenvalue weighted by Crippen LogP contribution is 2.21. The van der Waals surface area contributed by atoms with Gasteiger partial charge in [-0.25, -0.2) is 0 Å². The van der Waals surface area contributed by atoms with Crippen molar-refractivity contribution in [2.75, 3.05) is 5.75 Å². The van der Waals surface area contributed by atoms with E-state index in [1.807, 2.05) is 12.3 Å². The van der Waals surface area contributed by atoms with Crippen LogP contribution in [0.1, 0.15) is 18.4 Å². The number of thioether (sulfide) groups is 1. The van der Waals surface area contributed by atoms with E-state index in [1.54, 1.807) is 6.20 Å².